The number of rotatable bonds is 5. The van der Waals surface area contributed by atoms with Crippen LogP contribution in [0.5, 0.6) is 0 Å². The van der Waals surface area contributed by atoms with Crippen LogP contribution in [-0.2, 0) is 25.5 Å². The number of carbonyl (C=O) groups excluding carboxylic acids is 2. The molecule has 18 heavy (non-hydrogen) atoms. The average molecular weight is 315 g/mol. The van der Waals surface area contributed by atoms with E-state index in [0.717, 1.165) is 5.56 Å². The molecule has 4 nitrogen and oxygen atoms in total. The van der Waals surface area contributed by atoms with Crippen molar-refractivity contribution in [3.63, 3.8) is 0 Å². The van der Waals surface area contributed by atoms with Crippen molar-refractivity contribution >= 4 is 27.9 Å². The van der Waals surface area contributed by atoms with Crippen molar-refractivity contribution < 1.29 is 19.1 Å². The molecule has 2 atom stereocenters. The number of methoxy groups -OCH3 is 1. The van der Waals surface area contributed by atoms with Crippen molar-refractivity contribution in [1.29, 1.82) is 0 Å². The van der Waals surface area contributed by atoms with Crippen LogP contribution in [0.1, 0.15) is 12.5 Å². The summed E-state index contributed by atoms with van der Waals surface area (Å²) in [6.45, 7) is 1.64. The molecular formula is C13H15BrO4. The van der Waals surface area contributed by atoms with Crippen molar-refractivity contribution in [1.82, 2.24) is 0 Å². The largest absolute Gasteiger partial charge is 0.466 e. The second-order valence-electron chi connectivity index (χ2n) is 3.75. The number of hydrogen-bond acceptors (Lipinski definition) is 4. The summed E-state index contributed by atoms with van der Waals surface area (Å²) in [4.78, 5) is 22.6. The molecule has 0 N–H and O–H groups in total. The Labute approximate surface area is 114 Å². The quantitative estimate of drug-likeness (QED) is 0.617. The molecule has 0 bridgehead atoms. The van der Waals surface area contributed by atoms with Gasteiger partial charge in [-0.1, -0.05) is 46.3 Å². The molecule has 0 aliphatic heterocycles. The Kier molecular flexibility index (Phi) is 5.85. The zero-order chi connectivity index (χ0) is 13.5. The van der Waals surface area contributed by atoms with Crippen molar-refractivity contribution in [3.8, 4) is 0 Å². The topological polar surface area (TPSA) is 52.6 Å². The molecule has 0 saturated carbocycles. The highest BCUT2D eigenvalue weighted by Gasteiger charge is 2.25. The first-order valence-corrected chi connectivity index (χ1v) is 6.42. The van der Waals surface area contributed by atoms with Gasteiger partial charge in [0, 0.05) is 6.42 Å². The van der Waals surface area contributed by atoms with Gasteiger partial charge in [0.15, 0.2) is 0 Å². The second-order valence-corrected chi connectivity index (χ2v) is 5.13. The van der Waals surface area contributed by atoms with E-state index in [2.05, 4.69) is 20.7 Å². The van der Waals surface area contributed by atoms with E-state index in [-0.39, 0.29) is 0 Å². The normalized spacial score (nSPS) is 13.5. The highest BCUT2D eigenvalue weighted by molar-refractivity contribution is 9.10. The van der Waals surface area contributed by atoms with Gasteiger partial charge < -0.3 is 9.47 Å². The fraction of sp³-hybridized carbons (Fsp3) is 0.385. The third kappa shape index (κ3) is 4.49. The second kappa shape index (κ2) is 7.16. The third-order valence-electron chi connectivity index (χ3n) is 2.31. The third-order valence-corrected chi connectivity index (χ3v) is 2.69. The molecule has 1 aromatic rings. The van der Waals surface area contributed by atoms with Crippen LogP contribution >= 0.6 is 15.9 Å². The number of ether oxygens (including phenoxy) is 2. The Morgan fingerprint density at radius 2 is 1.83 bits per heavy atom. The molecule has 0 saturated heterocycles. The zero-order valence-electron chi connectivity index (χ0n) is 10.3. The standard InChI is InChI=1S/C13H15BrO4/c1-9(14)12(15)18-11(13(16)17-2)8-10-6-4-3-5-7-10/h3-7,9,11H,8H2,1-2H3/t9?,11-/m0/s1. The molecule has 0 aliphatic rings. The van der Waals surface area contributed by atoms with Gasteiger partial charge in [0.2, 0.25) is 6.10 Å². The summed E-state index contributed by atoms with van der Waals surface area (Å²) in [5.41, 5.74) is 0.905. The van der Waals surface area contributed by atoms with E-state index in [1.807, 2.05) is 30.3 Å². The summed E-state index contributed by atoms with van der Waals surface area (Å²) < 4.78 is 9.74. The SMILES string of the molecule is COC(=O)[C@H](Cc1ccccc1)OC(=O)C(C)Br. The van der Waals surface area contributed by atoms with Crippen molar-refractivity contribution in [2.75, 3.05) is 7.11 Å². The summed E-state index contributed by atoms with van der Waals surface area (Å²) in [7, 11) is 1.27. The number of carbonyl (C=O) groups is 2. The van der Waals surface area contributed by atoms with Crippen LogP contribution in [0.25, 0.3) is 0 Å². The summed E-state index contributed by atoms with van der Waals surface area (Å²) in [5, 5.41) is 0. The highest BCUT2D eigenvalue weighted by atomic mass is 79.9. The van der Waals surface area contributed by atoms with E-state index in [4.69, 9.17) is 4.74 Å². The Bertz CT molecular complexity index is 403. The van der Waals surface area contributed by atoms with Crippen molar-refractivity contribution in [3.05, 3.63) is 35.9 Å². The van der Waals surface area contributed by atoms with E-state index < -0.39 is 22.9 Å². The predicted octanol–water partition coefficient (Wildman–Crippen LogP) is 2.10. The first kappa shape index (κ1) is 14.7. The van der Waals surface area contributed by atoms with Crippen LogP contribution in [0.2, 0.25) is 0 Å². The first-order valence-electron chi connectivity index (χ1n) is 5.51. The van der Waals surface area contributed by atoms with Crippen LogP contribution in [0.4, 0.5) is 0 Å². The van der Waals surface area contributed by atoms with Crippen LogP contribution in [0.15, 0.2) is 30.3 Å². The summed E-state index contributed by atoms with van der Waals surface area (Å²) in [5.74, 6) is -1.04. The maximum Gasteiger partial charge on any atom is 0.347 e. The minimum absolute atomic E-state index is 0.305. The number of alkyl halides is 1. The summed E-state index contributed by atoms with van der Waals surface area (Å²) in [6.07, 6.45) is -0.608. The molecule has 98 valence electrons. The van der Waals surface area contributed by atoms with Crippen molar-refractivity contribution in [2.45, 2.75) is 24.3 Å². The Balaban J connectivity index is 2.73. The van der Waals surface area contributed by atoms with Gasteiger partial charge in [0.1, 0.15) is 4.83 Å². The smallest absolute Gasteiger partial charge is 0.347 e. The number of hydrogen-bond donors (Lipinski definition) is 0. The molecule has 0 radical (unpaired) electrons. The number of esters is 2. The summed E-state index contributed by atoms with van der Waals surface area (Å²) in [6, 6.07) is 9.32. The molecule has 0 fully saturated rings. The van der Waals surface area contributed by atoms with Crippen LogP contribution in [0, 0.1) is 0 Å². The van der Waals surface area contributed by atoms with Crippen LogP contribution in [-0.4, -0.2) is 30.0 Å². The fourth-order valence-corrected chi connectivity index (χ4v) is 1.47. The Morgan fingerprint density at radius 1 is 1.22 bits per heavy atom. The van der Waals surface area contributed by atoms with E-state index in [0.29, 0.717) is 6.42 Å². The lowest BCUT2D eigenvalue weighted by Crippen LogP contribution is -2.32. The van der Waals surface area contributed by atoms with Gasteiger partial charge in [-0.2, -0.15) is 0 Å². The van der Waals surface area contributed by atoms with E-state index in [1.165, 1.54) is 7.11 Å². The molecule has 0 amide bonds. The predicted molar refractivity (Wildman–Crippen MR) is 70.4 cm³/mol. The van der Waals surface area contributed by atoms with Gasteiger partial charge in [-0.25, -0.2) is 4.79 Å². The Hall–Kier alpha value is -1.36. The van der Waals surface area contributed by atoms with Gasteiger partial charge >= 0.3 is 11.9 Å². The molecule has 1 aromatic carbocycles. The Morgan fingerprint density at radius 3 is 2.33 bits per heavy atom. The highest BCUT2D eigenvalue weighted by Crippen LogP contribution is 2.10. The molecule has 0 heterocycles. The maximum absolute atomic E-state index is 11.6. The summed E-state index contributed by atoms with van der Waals surface area (Å²) >= 11 is 3.10. The molecule has 1 unspecified atom stereocenters. The monoisotopic (exact) mass is 314 g/mol. The molecule has 0 aromatic heterocycles. The van der Waals surface area contributed by atoms with Crippen LogP contribution in [0.3, 0.4) is 0 Å². The zero-order valence-corrected chi connectivity index (χ0v) is 11.8. The van der Waals surface area contributed by atoms with E-state index >= 15 is 0 Å². The minimum atomic E-state index is -0.912. The number of benzene rings is 1. The average Bonchev–Trinajstić information content (AvgIpc) is 2.38. The lowest BCUT2D eigenvalue weighted by atomic mass is 10.1. The minimum Gasteiger partial charge on any atom is -0.466 e. The molecule has 0 spiro atoms. The maximum atomic E-state index is 11.6. The van der Waals surface area contributed by atoms with E-state index in [1.54, 1.807) is 6.92 Å². The van der Waals surface area contributed by atoms with Gasteiger partial charge in [0.05, 0.1) is 7.11 Å². The molecule has 1 rings (SSSR count). The van der Waals surface area contributed by atoms with Crippen LogP contribution < -0.4 is 0 Å². The number of halogens is 1. The molecule has 5 heteroatoms. The lowest BCUT2D eigenvalue weighted by molar-refractivity contribution is -0.165. The van der Waals surface area contributed by atoms with Gasteiger partial charge in [0.25, 0.3) is 0 Å². The fourth-order valence-electron chi connectivity index (χ4n) is 1.37. The van der Waals surface area contributed by atoms with Gasteiger partial charge in [-0.15, -0.1) is 0 Å². The molecular weight excluding hydrogens is 300 g/mol. The molecule has 0 aliphatic carbocycles. The van der Waals surface area contributed by atoms with Gasteiger partial charge in [-0.3, -0.25) is 4.79 Å². The lowest BCUT2D eigenvalue weighted by Gasteiger charge is -2.16. The van der Waals surface area contributed by atoms with E-state index in [9.17, 15) is 9.59 Å². The van der Waals surface area contributed by atoms with Crippen molar-refractivity contribution in [2.24, 2.45) is 0 Å². The first-order chi connectivity index (χ1) is 8.54. The van der Waals surface area contributed by atoms with Gasteiger partial charge in [-0.05, 0) is 12.5 Å².